The van der Waals surface area contributed by atoms with Crippen molar-refractivity contribution >= 4 is 33.1 Å². The molecule has 0 bridgehead atoms. The number of thiazole rings is 1. The van der Waals surface area contributed by atoms with Gasteiger partial charge < -0.3 is 19.9 Å². The molecule has 4 aromatic rings. The second-order valence-electron chi connectivity index (χ2n) is 10.1. The standard InChI is InChI=1S/C30H31F3N4O4S/c1-40-25-14-21(30(31,32)33)13-22(15-25)34-28(39)18-37-11-9-36(10-12-37)17-23(38)19-41-24-7-8-27-26(16-24)35-29(42-27)20-5-3-2-4-6-20/h2-8,13-16,23,38H,9-12,17-19H2,1H3,(H,34,39). The molecule has 1 aliphatic rings. The number of ether oxygens (including phenoxy) is 2. The van der Waals surface area contributed by atoms with Gasteiger partial charge in [0, 0.05) is 56.1 Å². The van der Waals surface area contributed by atoms with Gasteiger partial charge in [0.25, 0.3) is 0 Å². The molecule has 1 fully saturated rings. The molecule has 0 aliphatic carbocycles. The van der Waals surface area contributed by atoms with E-state index in [4.69, 9.17) is 14.5 Å². The molecule has 1 unspecified atom stereocenters. The lowest BCUT2D eigenvalue weighted by atomic mass is 10.1. The molecule has 1 aromatic heterocycles. The van der Waals surface area contributed by atoms with E-state index in [1.807, 2.05) is 53.4 Å². The predicted molar refractivity (Wildman–Crippen MR) is 156 cm³/mol. The van der Waals surface area contributed by atoms with Crippen LogP contribution in [0.1, 0.15) is 5.56 Å². The molecule has 222 valence electrons. The van der Waals surface area contributed by atoms with E-state index in [0.717, 1.165) is 32.9 Å². The van der Waals surface area contributed by atoms with Crippen LogP contribution >= 0.6 is 11.3 Å². The summed E-state index contributed by atoms with van der Waals surface area (Å²) >= 11 is 1.62. The third kappa shape index (κ3) is 7.77. The topological polar surface area (TPSA) is 87.2 Å². The number of carbonyl (C=O) groups excluding carboxylic acids is 1. The van der Waals surface area contributed by atoms with Gasteiger partial charge in [0.15, 0.2) is 0 Å². The van der Waals surface area contributed by atoms with Crippen molar-refractivity contribution in [2.24, 2.45) is 0 Å². The van der Waals surface area contributed by atoms with E-state index in [1.165, 1.54) is 13.2 Å². The van der Waals surface area contributed by atoms with Crippen LogP contribution in [-0.2, 0) is 11.0 Å². The normalized spacial score (nSPS) is 15.5. The fourth-order valence-corrected chi connectivity index (χ4v) is 5.68. The van der Waals surface area contributed by atoms with E-state index < -0.39 is 23.8 Å². The number of β-amino-alcohol motifs (C(OH)–C–C–N with tert-alkyl or cyclic N) is 1. The van der Waals surface area contributed by atoms with Crippen molar-refractivity contribution in [2.45, 2.75) is 12.3 Å². The second-order valence-corrected chi connectivity index (χ2v) is 11.1. The number of benzene rings is 3. The number of halogens is 3. The van der Waals surface area contributed by atoms with Crippen molar-refractivity contribution in [3.05, 3.63) is 72.3 Å². The molecule has 8 nitrogen and oxygen atoms in total. The molecule has 2 heterocycles. The fraction of sp³-hybridized carbons (Fsp3) is 0.333. The van der Waals surface area contributed by atoms with Crippen molar-refractivity contribution < 1.29 is 32.5 Å². The van der Waals surface area contributed by atoms with E-state index >= 15 is 0 Å². The maximum Gasteiger partial charge on any atom is 0.416 e. The van der Waals surface area contributed by atoms with E-state index in [0.29, 0.717) is 38.5 Å². The average Bonchev–Trinajstić information content (AvgIpc) is 3.40. The summed E-state index contributed by atoms with van der Waals surface area (Å²) < 4.78 is 51.3. The van der Waals surface area contributed by atoms with Gasteiger partial charge in [-0.05, 0) is 24.3 Å². The Kier molecular flexibility index (Phi) is 9.27. The van der Waals surface area contributed by atoms with Gasteiger partial charge in [0.05, 0.1) is 29.4 Å². The number of piperazine rings is 1. The lowest BCUT2D eigenvalue weighted by Crippen LogP contribution is -2.50. The minimum Gasteiger partial charge on any atom is -0.497 e. The molecule has 0 saturated carbocycles. The van der Waals surface area contributed by atoms with Crippen molar-refractivity contribution in [2.75, 3.05) is 58.3 Å². The molecular weight excluding hydrogens is 569 g/mol. The Labute approximate surface area is 245 Å². The van der Waals surface area contributed by atoms with Gasteiger partial charge in [-0.3, -0.25) is 14.6 Å². The summed E-state index contributed by atoms with van der Waals surface area (Å²) in [5.74, 6) is 0.240. The summed E-state index contributed by atoms with van der Waals surface area (Å²) in [5.41, 5.74) is 1.04. The van der Waals surface area contributed by atoms with Crippen molar-refractivity contribution in [3.8, 4) is 22.1 Å². The van der Waals surface area contributed by atoms with Crippen LogP contribution in [-0.4, -0.2) is 84.9 Å². The smallest absolute Gasteiger partial charge is 0.416 e. The lowest BCUT2D eigenvalue weighted by Gasteiger charge is -2.35. The molecule has 0 spiro atoms. The molecule has 3 aromatic carbocycles. The molecular formula is C30H31F3N4O4S. The van der Waals surface area contributed by atoms with Gasteiger partial charge in [-0.1, -0.05) is 30.3 Å². The molecule has 1 saturated heterocycles. The molecule has 1 atom stereocenters. The highest BCUT2D eigenvalue weighted by Gasteiger charge is 2.31. The van der Waals surface area contributed by atoms with Gasteiger partial charge in [0.2, 0.25) is 5.91 Å². The van der Waals surface area contributed by atoms with Crippen LogP contribution in [0.4, 0.5) is 18.9 Å². The highest BCUT2D eigenvalue weighted by atomic mass is 32.1. The van der Waals surface area contributed by atoms with Crippen LogP contribution < -0.4 is 14.8 Å². The molecule has 2 N–H and O–H groups in total. The number of anilines is 1. The van der Waals surface area contributed by atoms with E-state index in [2.05, 4.69) is 10.2 Å². The highest BCUT2D eigenvalue weighted by molar-refractivity contribution is 7.21. The van der Waals surface area contributed by atoms with Crippen LogP contribution in [0.5, 0.6) is 11.5 Å². The van der Waals surface area contributed by atoms with Crippen LogP contribution in [0.2, 0.25) is 0 Å². The third-order valence-electron chi connectivity index (χ3n) is 6.88. The number of hydrogen-bond acceptors (Lipinski definition) is 8. The maximum atomic E-state index is 13.2. The monoisotopic (exact) mass is 600 g/mol. The summed E-state index contributed by atoms with van der Waals surface area (Å²) in [4.78, 5) is 21.3. The minimum absolute atomic E-state index is 0.0113. The Bertz CT molecular complexity index is 1510. The molecule has 5 rings (SSSR count). The summed E-state index contributed by atoms with van der Waals surface area (Å²) in [6.45, 7) is 3.02. The largest absolute Gasteiger partial charge is 0.497 e. The Morgan fingerprint density at radius 2 is 1.76 bits per heavy atom. The number of hydrogen-bond donors (Lipinski definition) is 2. The Morgan fingerprint density at radius 3 is 2.48 bits per heavy atom. The van der Waals surface area contributed by atoms with Gasteiger partial charge in [-0.2, -0.15) is 13.2 Å². The number of nitrogens with one attached hydrogen (secondary N) is 1. The number of aromatic nitrogens is 1. The second kappa shape index (κ2) is 13.1. The Hall–Kier alpha value is -3.71. The molecule has 0 radical (unpaired) electrons. The molecule has 1 aliphatic heterocycles. The number of methoxy groups -OCH3 is 1. The number of nitrogens with zero attached hydrogens (tertiary/aromatic N) is 3. The minimum atomic E-state index is -4.55. The SMILES string of the molecule is COc1cc(NC(=O)CN2CCN(CC(O)COc3ccc4sc(-c5ccccc5)nc4c3)CC2)cc(C(F)(F)F)c1. The van der Waals surface area contributed by atoms with E-state index in [9.17, 15) is 23.1 Å². The Morgan fingerprint density at radius 1 is 1.02 bits per heavy atom. The van der Waals surface area contributed by atoms with Gasteiger partial charge in [0.1, 0.15) is 29.2 Å². The number of aliphatic hydroxyl groups is 1. The van der Waals surface area contributed by atoms with Crippen LogP contribution in [0, 0.1) is 0 Å². The molecule has 42 heavy (non-hydrogen) atoms. The number of fused-ring (bicyclic) bond motifs is 1. The zero-order valence-corrected chi connectivity index (χ0v) is 23.8. The van der Waals surface area contributed by atoms with E-state index in [1.54, 1.807) is 11.3 Å². The van der Waals surface area contributed by atoms with Crippen LogP contribution in [0.25, 0.3) is 20.8 Å². The average molecular weight is 601 g/mol. The predicted octanol–water partition coefficient (Wildman–Crippen LogP) is 4.99. The quantitative estimate of drug-likeness (QED) is 0.265. The number of aliphatic hydroxyl groups excluding tert-OH is 1. The third-order valence-corrected chi connectivity index (χ3v) is 7.96. The summed E-state index contributed by atoms with van der Waals surface area (Å²) in [6.07, 6.45) is -5.26. The summed E-state index contributed by atoms with van der Waals surface area (Å²) in [7, 11) is 1.27. The first-order valence-electron chi connectivity index (χ1n) is 13.4. The molecule has 12 heteroatoms. The summed E-state index contributed by atoms with van der Waals surface area (Å²) in [5, 5.41) is 14.1. The summed E-state index contributed by atoms with van der Waals surface area (Å²) in [6, 6.07) is 18.8. The van der Waals surface area contributed by atoms with Crippen molar-refractivity contribution in [3.63, 3.8) is 0 Å². The number of carbonyl (C=O) groups is 1. The molecule has 1 amide bonds. The first kappa shape index (κ1) is 29.8. The number of amides is 1. The number of rotatable bonds is 10. The van der Waals surface area contributed by atoms with Gasteiger partial charge >= 0.3 is 6.18 Å². The van der Waals surface area contributed by atoms with Crippen molar-refractivity contribution in [1.82, 2.24) is 14.8 Å². The highest BCUT2D eigenvalue weighted by Crippen LogP contribution is 2.34. The van der Waals surface area contributed by atoms with E-state index in [-0.39, 0.29) is 24.6 Å². The van der Waals surface area contributed by atoms with Gasteiger partial charge in [-0.15, -0.1) is 11.3 Å². The Balaban J connectivity index is 1.06. The number of alkyl halides is 3. The lowest BCUT2D eigenvalue weighted by molar-refractivity contribution is -0.137. The first-order chi connectivity index (χ1) is 20.2. The van der Waals surface area contributed by atoms with Crippen LogP contribution in [0.3, 0.4) is 0 Å². The first-order valence-corrected chi connectivity index (χ1v) is 14.3. The van der Waals surface area contributed by atoms with Gasteiger partial charge in [-0.25, -0.2) is 4.98 Å². The maximum absolute atomic E-state index is 13.2. The fourth-order valence-electron chi connectivity index (χ4n) is 4.73. The zero-order chi connectivity index (χ0) is 29.7. The zero-order valence-electron chi connectivity index (χ0n) is 22.9. The van der Waals surface area contributed by atoms with Crippen molar-refractivity contribution in [1.29, 1.82) is 0 Å². The van der Waals surface area contributed by atoms with Crippen LogP contribution in [0.15, 0.2) is 66.7 Å².